The maximum Gasteiger partial charge on any atom is 0.344 e. The van der Waals surface area contributed by atoms with Gasteiger partial charge < -0.3 is 14.4 Å². The normalized spacial score (nSPS) is 12.2. The summed E-state index contributed by atoms with van der Waals surface area (Å²) in [6, 6.07) is 7.89. The molecule has 0 spiro atoms. The van der Waals surface area contributed by atoms with Gasteiger partial charge in [-0.05, 0) is 58.2 Å². The highest BCUT2D eigenvalue weighted by atomic mass is 16.6. The monoisotopic (exact) mass is 349 g/mol. The summed E-state index contributed by atoms with van der Waals surface area (Å²) in [6.45, 7) is 12.1. The average Bonchev–Trinajstić information content (AvgIpc) is 2.52. The van der Waals surface area contributed by atoms with E-state index in [1.807, 2.05) is 57.7 Å². The lowest BCUT2D eigenvalue weighted by Gasteiger charge is -2.31. The van der Waals surface area contributed by atoms with Crippen LogP contribution in [0, 0.1) is 0 Å². The van der Waals surface area contributed by atoms with Gasteiger partial charge in [-0.2, -0.15) is 0 Å². The molecule has 1 amide bonds. The summed E-state index contributed by atoms with van der Waals surface area (Å²) in [5, 5.41) is 0. The van der Waals surface area contributed by atoms with Gasteiger partial charge in [0, 0.05) is 18.5 Å². The molecule has 0 fully saturated rings. The molecule has 1 atom stereocenters. The number of hydrogen-bond donors (Lipinski definition) is 0. The highest BCUT2D eigenvalue weighted by Gasteiger charge is 2.22. The molecule has 0 aliphatic carbocycles. The molecule has 1 unspecified atom stereocenters. The van der Waals surface area contributed by atoms with Crippen LogP contribution >= 0.6 is 0 Å². The SMILES string of the molecule is CCOC(=O)COc1cccc(C(C)CC(=O)N(C(C)C)C(C)C)c1. The second kappa shape index (κ2) is 10.1. The highest BCUT2D eigenvalue weighted by molar-refractivity contribution is 5.77. The van der Waals surface area contributed by atoms with Crippen molar-refractivity contribution in [2.45, 2.75) is 66.0 Å². The van der Waals surface area contributed by atoms with Crippen molar-refractivity contribution in [3.8, 4) is 5.75 Å². The van der Waals surface area contributed by atoms with Crippen LogP contribution in [-0.4, -0.2) is 42.1 Å². The lowest BCUT2D eigenvalue weighted by atomic mass is 9.96. The largest absolute Gasteiger partial charge is 0.482 e. The first-order valence-corrected chi connectivity index (χ1v) is 8.95. The molecular formula is C20H31NO4. The lowest BCUT2D eigenvalue weighted by Crippen LogP contribution is -2.42. The number of rotatable bonds is 9. The van der Waals surface area contributed by atoms with Crippen molar-refractivity contribution in [1.29, 1.82) is 0 Å². The molecule has 0 heterocycles. The topological polar surface area (TPSA) is 55.8 Å². The number of esters is 1. The van der Waals surface area contributed by atoms with E-state index in [1.54, 1.807) is 13.0 Å². The Balaban J connectivity index is 2.72. The molecule has 25 heavy (non-hydrogen) atoms. The summed E-state index contributed by atoms with van der Waals surface area (Å²) in [5.41, 5.74) is 1.02. The molecule has 0 aromatic heterocycles. The standard InChI is InChI=1S/C20H31NO4/c1-7-24-20(23)13-25-18-10-8-9-17(12-18)16(6)11-19(22)21(14(2)3)15(4)5/h8-10,12,14-16H,7,11,13H2,1-6H3. The summed E-state index contributed by atoms with van der Waals surface area (Å²) in [7, 11) is 0. The van der Waals surface area contributed by atoms with E-state index in [9.17, 15) is 9.59 Å². The van der Waals surface area contributed by atoms with Gasteiger partial charge in [0.2, 0.25) is 5.91 Å². The quantitative estimate of drug-likeness (QED) is 0.637. The van der Waals surface area contributed by atoms with E-state index in [2.05, 4.69) is 0 Å². The van der Waals surface area contributed by atoms with Crippen LogP contribution in [0.5, 0.6) is 5.75 Å². The summed E-state index contributed by atoms with van der Waals surface area (Å²) in [6.07, 6.45) is 0.442. The van der Waals surface area contributed by atoms with Crippen molar-refractivity contribution in [3.05, 3.63) is 29.8 Å². The van der Waals surface area contributed by atoms with Crippen LogP contribution in [0.1, 0.15) is 59.4 Å². The number of hydrogen-bond acceptors (Lipinski definition) is 4. The summed E-state index contributed by atoms with van der Waals surface area (Å²) in [4.78, 5) is 25.9. The Morgan fingerprint density at radius 3 is 2.28 bits per heavy atom. The number of ether oxygens (including phenoxy) is 2. The molecule has 5 nitrogen and oxygen atoms in total. The Morgan fingerprint density at radius 1 is 1.08 bits per heavy atom. The zero-order chi connectivity index (χ0) is 19.0. The summed E-state index contributed by atoms with van der Waals surface area (Å²) in [5.74, 6) is 0.434. The number of carbonyl (C=O) groups excluding carboxylic acids is 2. The molecule has 0 aliphatic rings. The van der Waals surface area contributed by atoms with E-state index in [-0.39, 0.29) is 36.5 Å². The van der Waals surface area contributed by atoms with Gasteiger partial charge in [0.05, 0.1) is 6.61 Å². The van der Waals surface area contributed by atoms with Crippen molar-refractivity contribution in [1.82, 2.24) is 4.90 Å². The van der Waals surface area contributed by atoms with Crippen molar-refractivity contribution < 1.29 is 19.1 Å². The number of amides is 1. The Hall–Kier alpha value is -2.04. The smallest absolute Gasteiger partial charge is 0.344 e. The maximum absolute atomic E-state index is 12.6. The molecule has 1 aromatic carbocycles. The molecular weight excluding hydrogens is 318 g/mol. The zero-order valence-electron chi connectivity index (χ0n) is 16.2. The molecule has 0 aliphatic heterocycles. The fraction of sp³-hybridized carbons (Fsp3) is 0.600. The van der Waals surface area contributed by atoms with Gasteiger partial charge in [-0.25, -0.2) is 4.79 Å². The van der Waals surface area contributed by atoms with Crippen molar-refractivity contribution in [3.63, 3.8) is 0 Å². The third kappa shape index (κ3) is 6.77. The van der Waals surface area contributed by atoms with Crippen LogP contribution in [0.15, 0.2) is 24.3 Å². The molecule has 0 saturated carbocycles. The fourth-order valence-corrected chi connectivity index (χ4v) is 2.91. The molecule has 1 aromatic rings. The van der Waals surface area contributed by atoms with Gasteiger partial charge in [0.1, 0.15) is 5.75 Å². The Labute approximate surface area is 151 Å². The first kappa shape index (κ1) is 21.0. The van der Waals surface area contributed by atoms with Crippen LogP contribution in [0.25, 0.3) is 0 Å². The minimum Gasteiger partial charge on any atom is -0.482 e. The number of nitrogens with zero attached hydrogens (tertiary/aromatic N) is 1. The lowest BCUT2D eigenvalue weighted by molar-refractivity contribution is -0.145. The molecule has 0 radical (unpaired) electrons. The van der Waals surface area contributed by atoms with Crippen molar-refractivity contribution in [2.75, 3.05) is 13.2 Å². The number of carbonyl (C=O) groups is 2. The second-order valence-electron chi connectivity index (χ2n) is 6.76. The van der Waals surface area contributed by atoms with E-state index in [0.29, 0.717) is 18.8 Å². The summed E-state index contributed by atoms with van der Waals surface area (Å²) >= 11 is 0. The fourth-order valence-electron chi connectivity index (χ4n) is 2.91. The first-order chi connectivity index (χ1) is 11.8. The van der Waals surface area contributed by atoms with Gasteiger partial charge in [-0.15, -0.1) is 0 Å². The second-order valence-corrected chi connectivity index (χ2v) is 6.76. The minimum absolute atomic E-state index is 0.0682. The predicted molar refractivity (Wildman–Crippen MR) is 98.7 cm³/mol. The van der Waals surface area contributed by atoms with Crippen LogP contribution in [0.2, 0.25) is 0 Å². The van der Waals surface area contributed by atoms with Gasteiger partial charge in [-0.3, -0.25) is 4.79 Å². The molecule has 0 saturated heterocycles. The van der Waals surface area contributed by atoms with E-state index >= 15 is 0 Å². The number of benzene rings is 1. The Morgan fingerprint density at radius 2 is 1.72 bits per heavy atom. The zero-order valence-corrected chi connectivity index (χ0v) is 16.2. The molecule has 140 valence electrons. The third-order valence-electron chi connectivity index (χ3n) is 3.97. The third-order valence-corrected chi connectivity index (χ3v) is 3.97. The predicted octanol–water partition coefficient (Wildman–Crippen LogP) is 3.77. The van der Waals surface area contributed by atoms with Gasteiger partial charge in [0.15, 0.2) is 6.61 Å². The van der Waals surface area contributed by atoms with Crippen LogP contribution < -0.4 is 4.74 Å². The minimum atomic E-state index is -0.388. The molecule has 5 heteroatoms. The van der Waals surface area contributed by atoms with Crippen LogP contribution in [-0.2, 0) is 14.3 Å². The highest BCUT2D eigenvalue weighted by Crippen LogP contribution is 2.25. The first-order valence-electron chi connectivity index (χ1n) is 8.95. The van der Waals surface area contributed by atoms with Crippen LogP contribution in [0.4, 0.5) is 0 Å². The van der Waals surface area contributed by atoms with Crippen LogP contribution in [0.3, 0.4) is 0 Å². The molecule has 0 N–H and O–H groups in total. The van der Waals surface area contributed by atoms with Gasteiger partial charge >= 0.3 is 5.97 Å². The van der Waals surface area contributed by atoms with Crippen molar-refractivity contribution in [2.24, 2.45) is 0 Å². The average molecular weight is 349 g/mol. The van der Waals surface area contributed by atoms with E-state index in [1.165, 1.54) is 0 Å². The molecule has 1 rings (SSSR count). The van der Waals surface area contributed by atoms with Gasteiger partial charge in [0.25, 0.3) is 0 Å². The van der Waals surface area contributed by atoms with Crippen molar-refractivity contribution >= 4 is 11.9 Å². The summed E-state index contributed by atoms with van der Waals surface area (Å²) < 4.78 is 10.3. The Kier molecular flexibility index (Phi) is 8.46. The van der Waals surface area contributed by atoms with E-state index in [4.69, 9.17) is 9.47 Å². The molecule has 0 bridgehead atoms. The maximum atomic E-state index is 12.6. The van der Waals surface area contributed by atoms with E-state index < -0.39 is 0 Å². The van der Waals surface area contributed by atoms with E-state index in [0.717, 1.165) is 5.56 Å². The Bertz CT molecular complexity index is 561. The van der Waals surface area contributed by atoms with Gasteiger partial charge in [-0.1, -0.05) is 19.1 Å².